The van der Waals surface area contributed by atoms with Crippen molar-refractivity contribution in [2.24, 2.45) is 0 Å². The number of aliphatic hydroxyl groups is 1. The summed E-state index contributed by atoms with van der Waals surface area (Å²) in [5, 5.41) is 8.83. The lowest BCUT2D eigenvalue weighted by atomic mass is 10.3. The summed E-state index contributed by atoms with van der Waals surface area (Å²) >= 11 is 0. The zero-order valence-electron chi connectivity index (χ0n) is 9.97. The van der Waals surface area contributed by atoms with Crippen molar-refractivity contribution in [2.75, 3.05) is 52.4 Å². The Bertz CT molecular complexity index is 300. The van der Waals surface area contributed by atoms with Gasteiger partial charge in [-0.3, -0.25) is 9.69 Å². The van der Waals surface area contributed by atoms with Crippen LogP contribution >= 0.6 is 0 Å². The molecule has 17 heavy (non-hydrogen) atoms. The van der Waals surface area contributed by atoms with Gasteiger partial charge < -0.3 is 14.9 Å². The first-order valence-electron chi connectivity index (χ1n) is 6.09. The maximum Gasteiger partial charge on any atom is 0.320 e. The Morgan fingerprint density at radius 1 is 1.12 bits per heavy atom. The molecule has 2 heterocycles. The molecule has 0 aromatic heterocycles. The number of rotatable bonds is 2. The van der Waals surface area contributed by atoms with Crippen LogP contribution in [-0.2, 0) is 4.79 Å². The molecule has 0 unspecified atom stereocenters. The van der Waals surface area contributed by atoms with Crippen LogP contribution in [0, 0.1) is 0 Å². The Balaban J connectivity index is 1.80. The average Bonchev–Trinajstić information content (AvgIpc) is 2.76. The first kappa shape index (κ1) is 12.3. The molecule has 96 valence electrons. The van der Waals surface area contributed by atoms with Crippen LogP contribution in [0.3, 0.4) is 0 Å². The third-order valence-electron chi connectivity index (χ3n) is 3.36. The van der Waals surface area contributed by atoms with Gasteiger partial charge in [0.25, 0.3) is 0 Å². The highest BCUT2D eigenvalue weighted by molar-refractivity contribution is 5.88. The van der Waals surface area contributed by atoms with Crippen LogP contribution in [0.15, 0.2) is 0 Å². The predicted octanol–water partition coefficient (Wildman–Crippen LogP) is -1.01. The van der Waals surface area contributed by atoms with Gasteiger partial charge in [0, 0.05) is 45.7 Å². The summed E-state index contributed by atoms with van der Waals surface area (Å²) in [7, 11) is 0. The normalized spacial score (nSPS) is 22.3. The van der Waals surface area contributed by atoms with Gasteiger partial charge in [0.2, 0.25) is 0 Å². The number of hydrogen-bond donors (Lipinski definition) is 1. The van der Waals surface area contributed by atoms with Crippen LogP contribution in [0.5, 0.6) is 0 Å². The van der Waals surface area contributed by atoms with Crippen molar-refractivity contribution < 1.29 is 14.7 Å². The Hall–Kier alpha value is -1.14. The van der Waals surface area contributed by atoms with Crippen molar-refractivity contribution >= 4 is 11.8 Å². The summed E-state index contributed by atoms with van der Waals surface area (Å²) < 4.78 is 0. The second-order valence-electron chi connectivity index (χ2n) is 4.55. The third kappa shape index (κ3) is 2.95. The van der Waals surface area contributed by atoms with Crippen LogP contribution in [0.1, 0.15) is 6.42 Å². The highest BCUT2D eigenvalue weighted by Crippen LogP contribution is 2.10. The summed E-state index contributed by atoms with van der Waals surface area (Å²) in [4.78, 5) is 28.7. The zero-order valence-corrected chi connectivity index (χ0v) is 9.97. The van der Waals surface area contributed by atoms with Gasteiger partial charge in [0.1, 0.15) is 0 Å². The molecule has 0 bridgehead atoms. The second kappa shape index (κ2) is 5.46. The lowest BCUT2D eigenvalue weighted by Crippen LogP contribution is -2.52. The molecule has 2 rings (SSSR count). The molecule has 2 saturated heterocycles. The lowest BCUT2D eigenvalue weighted by molar-refractivity contribution is -0.116. The maximum atomic E-state index is 12.0. The minimum absolute atomic E-state index is 0.0144. The van der Waals surface area contributed by atoms with E-state index in [1.54, 1.807) is 9.80 Å². The van der Waals surface area contributed by atoms with E-state index in [2.05, 4.69) is 4.90 Å². The number of hydrogen-bond acceptors (Lipinski definition) is 4. The standard InChI is InChI=1S/C11H19N3O3/c15-8-7-12-3-5-13(6-4-12)11(17)14-2-1-10(16)9-14/h15H,1-9H2. The molecular weight excluding hydrogens is 222 g/mol. The fourth-order valence-electron chi connectivity index (χ4n) is 2.30. The minimum Gasteiger partial charge on any atom is -0.395 e. The number of amides is 2. The van der Waals surface area contributed by atoms with E-state index < -0.39 is 0 Å². The van der Waals surface area contributed by atoms with Crippen molar-refractivity contribution in [3.8, 4) is 0 Å². The molecule has 2 aliphatic heterocycles. The number of urea groups is 1. The van der Waals surface area contributed by atoms with Crippen molar-refractivity contribution in [3.63, 3.8) is 0 Å². The molecule has 2 amide bonds. The van der Waals surface area contributed by atoms with Gasteiger partial charge in [-0.2, -0.15) is 0 Å². The van der Waals surface area contributed by atoms with Crippen molar-refractivity contribution in [2.45, 2.75) is 6.42 Å². The molecule has 0 saturated carbocycles. The van der Waals surface area contributed by atoms with E-state index >= 15 is 0 Å². The Kier molecular flexibility index (Phi) is 3.96. The predicted molar refractivity (Wildman–Crippen MR) is 61.7 cm³/mol. The summed E-state index contributed by atoms with van der Waals surface area (Å²) in [6.45, 7) is 4.64. The monoisotopic (exact) mass is 241 g/mol. The number of piperazine rings is 1. The van der Waals surface area contributed by atoms with Crippen molar-refractivity contribution in [3.05, 3.63) is 0 Å². The SMILES string of the molecule is O=C1CCN(C(=O)N2CCN(CCO)CC2)C1. The highest BCUT2D eigenvalue weighted by atomic mass is 16.3. The van der Waals surface area contributed by atoms with Crippen molar-refractivity contribution in [1.82, 2.24) is 14.7 Å². The number of likely N-dealkylation sites (tertiary alicyclic amines) is 1. The number of carbonyl (C=O) groups is 2. The van der Waals surface area contributed by atoms with E-state index in [0.29, 0.717) is 32.6 Å². The summed E-state index contributed by atoms with van der Waals surface area (Å²) in [5.41, 5.74) is 0. The molecule has 0 aliphatic carbocycles. The van der Waals surface area contributed by atoms with Gasteiger partial charge in [-0.15, -0.1) is 0 Å². The average molecular weight is 241 g/mol. The van der Waals surface area contributed by atoms with E-state index in [9.17, 15) is 9.59 Å². The van der Waals surface area contributed by atoms with Gasteiger partial charge in [-0.25, -0.2) is 4.79 Å². The summed E-state index contributed by atoms with van der Waals surface area (Å²) in [6, 6.07) is -0.0144. The van der Waals surface area contributed by atoms with Crippen LogP contribution in [0.4, 0.5) is 4.79 Å². The van der Waals surface area contributed by atoms with E-state index in [-0.39, 0.29) is 25.0 Å². The second-order valence-corrected chi connectivity index (χ2v) is 4.55. The highest BCUT2D eigenvalue weighted by Gasteiger charge is 2.29. The number of β-amino-alcohol motifs (C(OH)–C–C–N with tert-alkyl or cyclic N) is 1. The number of ketones is 1. The first-order chi connectivity index (χ1) is 8.20. The Labute approximate surface area is 101 Å². The van der Waals surface area contributed by atoms with Crippen LogP contribution in [-0.4, -0.2) is 84.0 Å². The smallest absolute Gasteiger partial charge is 0.320 e. The zero-order chi connectivity index (χ0) is 12.3. The lowest BCUT2D eigenvalue weighted by Gasteiger charge is -2.36. The van der Waals surface area contributed by atoms with E-state index in [1.165, 1.54) is 0 Å². The fourth-order valence-corrected chi connectivity index (χ4v) is 2.30. The van der Waals surface area contributed by atoms with Crippen LogP contribution in [0.2, 0.25) is 0 Å². The molecule has 6 heteroatoms. The van der Waals surface area contributed by atoms with E-state index in [1.807, 2.05) is 0 Å². The molecule has 0 spiro atoms. The van der Waals surface area contributed by atoms with E-state index in [4.69, 9.17) is 5.11 Å². The van der Waals surface area contributed by atoms with Crippen LogP contribution < -0.4 is 0 Å². The quantitative estimate of drug-likeness (QED) is 0.673. The number of carbonyl (C=O) groups excluding carboxylic acids is 2. The number of nitrogens with zero attached hydrogens (tertiary/aromatic N) is 3. The molecular formula is C11H19N3O3. The minimum atomic E-state index is -0.0144. The fraction of sp³-hybridized carbons (Fsp3) is 0.818. The van der Waals surface area contributed by atoms with Gasteiger partial charge in [0.05, 0.1) is 13.2 Å². The Morgan fingerprint density at radius 2 is 1.82 bits per heavy atom. The maximum absolute atomic E-state index is 12.0. The molecule has 0 aromatic rings. The van der Waals surface area contributed by atoms with E-state index in [0.717, 1.165) is 13.1 Å². The molecule has 2 aliphatic rings. The van der Waals surface area contributed by atoms with Gasteiger partial charge in [0.15, 0.2) is 5.78 Å². The topological polar surface area (TPSA) is 64.1 Å². The third-order valence-corrected chi connectivity index (χ3v) is 3.36. The number of aliphatic hydroxyl groups excluding tert-OH is 1. The molecule has 2 fully saturated rings. The number of Topliss-reactive ketones (excluding diaryl/α,β-unsaturated/α-hetero) is 1. The summed E-state index contributed by atoms with van der Waals surface area (Å²) in [5.74, 6) is 0.150. The molecule has 0 atom stereocenters. The van der Waals surface area contributed by atoms with Gasteiger partial charge in [-0.1, -0.05) is 0 Å². The van der Waals surface area contributed by atoms with Crippen molar-refractivity contribution in [1.29, 1.82) is 0 Å². The Morgan fingerprint density at radius 3 is 2.35 bits per heavy atom. The molecule has 6 nitrogen and oxygen atoms in total. The van der Waals surface area contributed by atoms with Gasteiger partial charge >= 0.3 is 6.03 Å². The van der Waals surface area contributed by atoms with Crippen LogP contribution in [0.25, 0.3) is 0 Å². The largest absolute Gasteiger partial charge is 0.395 e. The molecule has 1 N–H and O–H groups in total. The molecule has 0 radical (unpaired) electrons. The summed E-state index contributed by atoms with van der Waals surface area (Å²) in [6.07, 6.45) is 0.496. The van der Waals surface area contributed by atoms with Gasteiger partial charge in [-0.05, 0) is 0 Å². The molecule has 0 aromatic carbocycles. The first-order valence-corrected chi connectivity index (χ1v) is 6.09.